The van der Waals surface area contributed by atoms with E-state index in [9.17, 15) is 20.1 Å². The number of hydrogen-bond acceptors (Lipinski definition) is 7. The van der Waals surface area contributed by atoms with Crippen LogP contribution in [-0.4, -0.2) is 60.0 Å². The van der Waals surface area contributed by atoms with Crippen LogP contribution in [-0.2, 0) is 37.5 Å². The molecule has 201 valence electrons. The number of imidazole rings is 1. The number of rotatable bonds is 6. The SMILES string of the molecule is [CH-]=C(/C=C\C=C/C)/C(O)=C/c1nc(C#Cc2ccccc2)nc2c1ncn2[C@H]1C(O)[C@H](O)[C@@]2(C(=O)NC)CC12.[Y]. The van der Waals surface area contributed by atoms with Gasteiger partial charge in [-0.1, -0.05) is 36.3 Å². The molecule has 1 aromatic carbocycles. The number of carbonyl (C=O) groups is 1. The molecule has 2 unspecified atom stereocenters. The number of nitrogens with zero attached hydrogens (tertiary/aromatic N) is 4. The van der Waals surface area contributed by atoms with Gasteiger partial charge in [-0.2, -0.15) is 11.6 Å². The Morgan fingerprint density at radius 2 is 1.95 bits per heavy atom. The Morgan fingerprint density at radius 3 is 2.65 bits per heavy atom. The molecule has 1 radical (unpaired) electrons. The van der Waals surface area contributed by atoms with Crippen molar-refractivity contribution in [3.05, 3.63) is 96.0 Å². The van der Waals surface area contributed by atoms with Gasteiger partial charge < -0.3 is 25.2 Å². The summed E-state index contributed by atoms with van der Waals surface area (Å²) in [6, 6.07) is 8.71. The van der Waals surface area contributed by atoms with Crippen molar-refractivity contribution >= 4 is 23.1 Å². The van der Waals surface area contributed by atoms with Crippen LogP contribution in [0.3, 0.4) is 0 Å². The van der Waals surface area contributed by atoms with E-state index in [-0.39, 0.29) is 67.4 Å². The summed E-state index contributed by atoms with van der Waals surface area (Å²) in [5.41, 5.74) is 0.805. The minimum Gasteiger partial charge on any atom is -0.565 e. The number of aliphatic hydroxyl groups is 3. The molecular formula is C30H28N5O4Y-. The number of allylic oxidation sites excluding steroid dienone is 4. The summed E-state index contributed by atoms with van der Waals surface area (Å²) >= 11 is 0. The van der Waals surface area contributed by atoms with Gasteiger partial charge in [-0.3, -0.25) is 4.79 Å². The first-order valence-electron chi connectivity index (χ1n) is 12.5. The van der Waals surface area contributed by atoms with E-state index in [4.69, 9.17) is 6.58 Å². The van der Waals surface area contributed by atoms with Crippen LogP contribution in [0.4, 0.5) is 0 Å². The zero-order valence-electron chi connectivity index (χ0n) is 22.1. The van der Waals surface area contributed by atoms with Gasteiger partial charge >= 0.3 is 0 Å². The second-order valence-electron chi connectivity index (χ2n) is 9.60. The number of fused-ring (bicyclic) bond motifs is 2. The van der Waals surface area contributed by atoms with Crippen LogP contribution in [0.1, 0.15) is 36.5 Å². The molecule has 2 saturated carbocycles. The van der Waals surface area contributed by atoms with Crippen molar-refractivity contribution in [1.82, 2.24) is 24.8 Å². The average Bonchev–Trinajstić information content (AvgIpc) is 3.48. The van der Waals surface area contributed by atoms with E-state index in [1.807, 2.05) is 43.3 Å². The van der Waals surface area contributed by atoms with Gasteiger partial charge in [0, 0.05) is 57.0 Å². The number of nitrogens with one attached hydrogen (secondary N) is 1. The Bertz CT molecular complexity index is 1600. The average molecular weight is 611 g/mol. The van der Waals surface area contributed by atoms with Gasteiger partial charge in [-0.15, -0.1) is 6.08 Å². The molecule has 0 spiro atoms. The maximum Gasteiger partial charge on any atom is 0.229 e. The first-order valence-corrected chi connectivity index (χ1v) is 12.5. The quantitative estimate of drug-likeness (QED) is 0.146. The number of aromatic nitrogens is 4. The molecule has 9 nitrogen and oxygen atoms in total. The molecule has 0 bridgehead atoms. The summed E-state index contributed by atoms with van der Waals surface area (Å²) in [4.78, 5) is 26.2. The molecule has 2 fully saturated rings. The molecule has 4 N–H and O–H groups in total. The van der Waals surface area contributed by atoms with E-state index < -0.39 is 23.7 Å². The van der Waals surface area contributed by atoms with E-state index in [0.717, 1.165) is 5.56 Å². The Hall–Kier alpha value is -3.42. The van der Waals surface area contributed by atoms with E-state index in [2.05, 4.69) is 32.1 Å². The van der Waals surface area contributed by atoms with E-state index in [1.54, 1.807) is 22.8 Å². The van der Waals surface area contributed by atoms with Crippen LogP contribution in [0.25, 0.3) is 17.2 Å². The van der Waals surface area contributed by atoms with Crippen LogP contribution in [0.15, 0.2) is 72.3 Å². The number of aliphatic hydroxyl groups excluding tert-OH is 3. The van der Waals surface area contributed by atoms with Crippen LogP contribution in [0, 0.1) is 29.8 Å². The van der Waals surface area contributed by atoms with Crippen molar-refractivity contribution in [2.45, 2.75) is 31.6 Å². The number of amides is 1. The summed E-state index contributed by atoms with van der Waals surface area (Å²) in [6.45, 7) is 7.89. The van der Waals surface area contributed by atoms with Gasteiger partial charge in [-0.05, 0) is 37.5 Å². The van der Waals surface area contributed by atoms with Crippen molar-refractivity contribution in [1.29, 1.82) is 0 Å². The molecule has 2 aromatic heterocycles. The van der Waals surface area contributed by atoms with E-state index >= 15 is 0 Å². The normalized spacial score (nSPS) is 25.4. The van der Waals surface area contributed by atoms with Crippen LogP contribution in [0.5, 0.6) is 0 Å². The molecule has 1 amide bonds. The topological polar surface area (TPSA) is 133 Å². The molecular weight excluding hydrogens is 583 g/mol. The van der Waals surface area contributed by atoms with Gasteiger partial charge in [-0.25, -0.2) is 21.5 Å². The molecule has 10 heteroatoms. The molecule has 3 aromatic rings. The van der Waals surface area contributed by atoms with Gasteiger partial charge in [0.25, 0.3) is 0 Å². The Labute approximate surface area is 257 Å². The zero-order chi connectivity index (χ0) is 27.7. The van der Waals surface area contributed by atoms with Gasteiger partial charge in [0.05, 0.1) is 29.6 Å². The predicted molar refractivity (Wildman–Crippen MR) is 146 cm³/mol. The fourth-order valence-electron chi connectivity index (χ4n) is 5.32. The molecule has 5 atom stereocenters. The summed E-state index contributed by atoms with van der Waals surface area (Å²) in [5, 5.41) is 35.1. The summed E-state index contributed by atoms with van der Waals surface area (Å²) in [6.07, 6.45) is 7.73. The Kier molecular flexibility index (Phi) is 8.86. The van der Waals surface area contributed by atoms with E-state index in [0.29, 0.717) is 17.6 Å². The van der Waals surface area contributed by atoms with Crippen molar-refractivity contribution in [3.8, 4) is 11.8 Å². The second kappa shape index (κ2) is 12.0. The first-order chi connectivity index (χ1) is 18.8. The first kappa shape index (κ1) is 29.6. The number of hydrogen-bond donors (Lipinski definition) is 4. The zero-order valence-corrected chi connectivity index (χ0v) is 24.9. The number of benzene rings is 1. The summed E-state index contributed by atoms with van der Waals surface area (Å²) in [7, 11) is 1.51. The van der Waals surface area contributed by atoms with Crippen molar-refractivity contribution < 1.29 is 52.8 Å². The second-order valence-corrected chi connectivity index (χ2v) is 9.60. The maximum absolute atomic E-state index is 12.6. The minimum absolute atomic E-state index is 0. The molecule has 5 rings (SSSR count). The van der Waals surface area contributed by atoms with Crippen LogP contribution >= 0.6 is 0 Å². The molecule has 2 aliphatic rings. The van der Waals surface area contributed by atoms with Gasteiger partial charge in [0.2, 0.25) is 11.7 Å². The van der Waals surface area contributed by atoms with E-state index in [1.165, 1.54) is 19.5 Å². The van der Waals surface area contributed by atoms with Gasteiger partial charge in [0.15, 0.2) is 5.65 Å². The van der Waals surface area contributed by atoms with Crippen molar-refractivity contribution in [3.63, 3.8) is 0 Å². The number of carbonyl (C=O) groups excluding carboxylic acids is 1. The Balaban J connectivity index is 0.00000370. The molecule has 40 heavy (non-hydrogen) atoms. The monoisotopic (exact) mass is 611 g/mol. The molecule has 0 aliphatic heterocycles. The fraction of sp³-hybridized carbons (Fsp3) is 0.267. The smallest absolute Gasteiger partial charge is 0.229 e. The molecule has 0 saturated heterocycles. The predicted octanol–water partition coefficient (Wildman–Crippen LogP) is 2.64. The Morgan fingerprint density at radius 1 is 1.20 bits per heavy atom. The van der Waals surface area contributed by atoms with Crippen LogP contribution < -0.4 is 5.32 Å². The third-order valence-corrected chi connectivity index (χ3v) is 7.33. The minimum atomic E-state index is -1.23. The summed E-state index contributed by atoms with van der Waals surface area (Å²) < 4.78 is 1.66. The van der Waals surface area contributed by atoms with Crippen molar-refractivity contribution in [2.75, 3.05) is 7.05 Å². The van der Waals surface area contributed by atoms with Crippen molar-refractivity contribution in [2.24, 2.45) is 11.3 Å². The third-order valence-electron chi connectivity index (χ3n) is 7.33. The standard InChI is InChI=1S/C30H28N5O4.Y/c1-4-5-7-10-18(2)22(36)15-21-24-28(34-23(33-21)14-13-19-11-8-6-9-12-19)35(17-32-24)25-20-16-30(20,29(39)31-3)27(38)26(25)37;/h2,4-12,15,17,20,25-27,36-38H,16H2,1,3H3,(H,31,39);/q-1;/b5-4-,10-7-,22-15-;/t20?,25-,26?,27+,30-;/m1./s1. The molecule has 2 aliphatic carbocycles. The third kappa shape index (κ3) is 5.20. The molecule has 2 heterocycles. The summed E-state index contributed by atoms with van der Waals surface area (Å²) in [5.74, 6) is 5.32. The maximum atomic E-state index is 12.6. The largest absolute Gasteiger partial charge is 0.565 e. The fourth-order valence-corrected chi connectivity index (χ4v) is 5.32. The van der Waals surface area contributed by atoms with Gasteiger partial charge in [0.1, 0.15) is 11.6 Å². The van der Waals surface area contributed by atoms with Crippen LogP contribution in [0.2, 0.25) is 0 Å².